The lowest BCUT2D eigenvalue weighted by Gasteiger charge is -2.29. The number of anilines is 1. The molecule has 3 aliphatic rings. The van der Waals surface area contributed by atoms with Crippen molar-refractivity contribution in [2.45, 2.75) is 56.8 Å². The second-order valence-electron chi connectivity index (χ2n) is 9.65. The van der Waals surface area contributed by atoms with Crippen LogP contribution in [0.2, 0.25) is 0 Å². The highest BCUT2D eigenvalue weighted by Gasteiger charge is 2.47. The Morgan fingerprint density at radius 1 is 1.15 bits per heavy atom. The molecule has 1 aromatic rings. The zero-order valence-corrected chi connectivity index (χ0v) is 19.2. The number of rotatable bonds is 10. The van der Waals surface area contributed by atoms with Gasteiger partial charge in [0.05, 0.1) is 30.8 Å². The van der Waals surface area contributed by atoms with Crippen molar-refractivity contribution in [3.8, 4) is 0 Å². The number of hydrogen-bond acceptors (Lipinski definition) is 4. The van der Waals surface area contributed by atoms with E-state index in [4.69, 9.17) is 4.74 Å². The quantitative estimate of drug-likeness (QED) is 0.498. The summed E-state index contributed by atoms with van der Waals surface area (Å²) in [7, 11) is 1.73. The molecule has 0 aromatic heterocycles. The number of benzene rings is 1. The number of hydrogen-bond donors (Lipinski definition) is 2. The van der Waals surface area contributed by atoms with Crippen LogP contribution in [0.5, 0.6) is 0 Å². The standard InChI is InChI=1S/C24H31F4N3O3/c1-29-22(21(15-3-4-15)16-5-6-16)23(33)30-19-7-2-14(10-18(19)25)11-20(32)31(13-24(26,27)28)17-8-9-34-12-17/h2,7,10,15-17,21-22,29H,3-6,8-9,11-13H2,1H3,(H,30,33). The molecule has 2 amide bonds. The zero-order chi connectivity index (χ0) is 24.5. The minimum absolute atomic E-state index is 0.0110. The van der Waals surface area contributed by atoms with Crippen molar-refractivity contribution in [1.29, 1.82) is 0 Å². The van der Waals surface area contributed by atoms with Gasteiger partial charge in [-0.1, -0.05) is 6.07 Å². The highest BCUT2D eigenvalue weighted by molar-refractivity contribution is 5.95. The first-order valence-corrected chi connectivity index (χ1v) is 11.9. The van der Waals surface area contributed by atoms with Crippen LogP contribution in [0, 0.1) is 23.6 Å². The largest absolute Gasteiger partial charge is 0.406 e. The van der Waals surface area contributed by atoms with Gasteiger partial charge < -0.3 is 20.3 Å². The molecule has 2 N–H and O–H groups in total. The Kier molecular flexibility index (Phi) is 7.47. The van der Waals surface area contributed by atoms with Crippen LogP contribution in [-0.4, -0.2) is 61.8 Å². The molecule has 4 rings (SSSR count). The summed E-state index contributed by atoms with van der Waals surface area (Å²) in [6.45, 7) is -1.02. The topological polar surface area (TPSA) is 70.7 Å². The van der Waals surface area contributed by atoms with E-state index in [1.807, 2.05) is 0 Å². The first-order valence-electron chi connectivity index (χ1n) is 11.9. The average Bonchev–Trinajstić information content (AvgIpc) is 3.71. The second kappa shape index (κ2) is 10.2. The highest BCUT2D eigenvalue weighted by Crippen LogP contribution is 2.50. The third-order valence-corrected chi connectivity index (χ3v) is 6.97. The Morgan fingerprint density at radius 3 is 2.32 bits per heavy atom. The monoisotopic (exact) mass is 485 g/mol. The van der Waals surface area contributed by atoms with Crippen LogP contribution < -0.4 is 10.6 Å². The molecule has 3 fully saturated rings. The minimum atomic E-state index is -4.54. The van der Waals surface area contributed by atoms with Gasteiger partial charge in [0.2, 0.25) is 11.8 Å². The number of halogens is 4. The smallest absolute Gasteiger partial charge is 0.379 e. The van der Waals surface area contributed by atoms with Crippen molar-refractivity contribution in [2.24, 2.45) is 17.8 Å². The number of ether oxygens (including phenoxy) is 1. The molecule has 1 heterocycles. The van der Waals surface area contributed by atoms with Gasteiger partial charge in [-0.15, -0.1) is 0 Å². The first kappa shape index (κ1) is 24.9. The van der Waals surface area contributed by atoms with Crippen LogP contribution in [0.1, 0.15) is 37.7 Å². The lowest BCUT2D eigenvalue weighted by Crippen LogP contribution is -2.46. The summed E-state index contributed by atoms with van der Waals surface area (Å²) in [5.41, 5.74) is 0.230. The lowest BCUT2D eigenvalue weighted by atomic mass is 9.89. The predicted octanol–water partition coefficient (Wildman–Crippen LogP) is 3.51. The van der Waals surface area contributed by atoms with Crippen molar-refractivity contribution in [3.63, 3.8) is 0 Å². The van der Waals surface area contributed by atoms with E-state index >= 15 is 0 Å². The van der Waals surface area contributed by atoms with Crippen LogP contribution in [0.4, 0.5) is 23.2 Å². The van der Waals surface area contributed by atoms with E-state index in [9.17, 15) is 27.2 Å². The number of nitrogens with one attached hydrogen (secondary N) is 2. The van der Waals surface area contributed by atoms with Crippen LogP contribution >= 0.6 is 0 Å². The molecule has 0 radical (unpaired) electrons. The van der Waals surface area contributed by atoms with Gasteiger partial charge in [-0.05, 0) is 74.6 Å². The molecule has 6 nitrogen and oxygen atoms in total. The predicted molar refractivity (Wildman–Crippen MR) is 118 cm³/mol. The van der Waals surface area contributed by atoms with Gasteiger partial charge in [-0.3, -0.25) is 9.59 Å². The summed E-state index contributed by atoms with van der Waals surface area (Å²) >= 11 is 0. The molecule has 1 aromatic carbocycles. The van der Waals surface area contributed by atoms with Crippen molar-refractivity contribution in [3.05, 3.63) is 29.6 Å². The Morgan fingerprint density at radius 2 is 1.82 bits per heavy atom. The Labute approximate surface area is 196 Å². The molecule has 188 valence electrons. The van der Waals surface area contributed by atoms with Gasteiger partial charge in [0.15, 0.2) is 0 Å². The molecule has 0 bridgehead atoms. The van der Waals surface area contributed by atoms with E-state index < -0.39 is 36.5 Å². The molecule has 2 atom stereocenters. The molecule has 0 spiro atoms. The van der Waals surface area contributed by atoms with Crippen molar-refractivity contribution >= 4 is 17.5 Å². The number of carbonyl (C=O) groups excluding carboxylic acids is 2. The fraction of sp³-hybridized carbons (Fsp3) is 0.667. The van der Waals surface area contributed by atoms with E-state index in [1.54, 1.807) is 7.05 Å². The molecule has 10 heteroatoms. The molecule has 2 aliphatic carbocycles. The fourth-order valence-corrected chi connectivity index (χ4v) is 5.03. The average molecular weight is 486 g/mol. The number of likely N-dealkylation sites (N-methyl/N-ethyl adjacent to an activating group) is 1. The minimum Gasteiger partial charge on any atom is -0.379 e. The van der Waals surface area contributed by atoms with Crippen LogP contribution in [-0.2, 0) is 20.7 Å². The van der Waals surface area contributed by atoms with E-state index in [-0.39, 0.29) is 36.1 Å². The van der Waals surface area contributed by atoms with Crippen molar-refractivity contribution in [1.82, 2.24) is 10.2 Å². The maximum absolute atomic E-state index is 14.8. The van der Waals surface area contributed by atoms with Crippen LogP contribution in [0.15, 0.2) is 18.2 Å². The maximum Gasteiger partial charge on any atom is 0.406 e. The summed E-state index contributed by atoms with van der Waals surface area (Å²) < 4.78 is 59.0. The molecule has 34 heavy (non-hydrogen) atoms. The van der Waals surface area contributed by atoms with E-state index in [0.29, 0.717) is 24.9 Å². The van der Waals surface area contributed by atoms with Crippen molar-refractivity contribution < 1.29 is 31.9 Å². The Balaban J connectivity index is 1.40. The van der Waals surface area contributed by atoms with Gasteiger partial charge in [-0.25, -0.2) is 4.39 Å². The molecule has 1 aliphatic heterocycles. The third-order valence-electron chi connectivity index (χ3n) is 6.97. The van der Waals surface area contributed by atoms with Crippen LogP contribution in [0.25, 0.3) is 0 Å². The molecule has 2 saturated carbocycles. The normalized spacial score (nSPS) is 21.5. The summed E-state index contributed by atoms with van der Waals surface area (Å²) in [4.78, 5) is 26.3. The summed E-state index contributed by atoms with van der Waals surface area (Å²) in [6.07, 6.45) is -0.132. The Hall–Kier alpha value is -2.20. The van der Waals surface area contributed by atoms with Crippen molar-refractivity contribution in [2.75, 3.05) is 32.1 Å². The molecule has 1 saturated heterocycles. The number of alkyl halides is 3. The number of nitrogens with zero attached hydrogens (tertiary/aromatic N) is 1. The van der Waals surface area contributed by atoms with Crippen LogP contribution in [0.3, 0.4) is 0 Å². The van der Waals surface area contributed by atoms with E-state index in [0.717, 1.165) is 36.6 Å². The summed E-state index contributed by atoms with van der Waals surface area (Å²) in [5.74, 6) is -0.473. The second-order valence-corrected chi connectivity index (χ2v) is 9.65. The van der Waals surface area contributed by atoms with E-state index in [1.165, 1.54) is 12.1 Å². The van der Waals surface area contributed by atoms with E-state index in [2.05, 4.69) is 10.6 Å². The van der Waals surface area contributed by atoms with Gasteiger partial charge in [0.25, 0.3) is 0 Å². The third kappa shape index (κ3) is 6.27. The number of carbonyl (C=O) groups is 2. The van der Waals surface area contributed by atoms with Gasteiger partial charge in [0, 0.05) is 6.61 Å². The molecular weight excluding hydrogens is 454 g/mol. The zero-order valence-electron chi connectivity index (χ0n) is 19.2. The molecule has 2 unspecified atom stereocenters. The fourth-order valence-electron chi connectivity index (χ4n) is 5.03. The summed E-state index contributed by atoms with van der Waals surface area (Å²) in [5, 5.41) is 5.74. The lowest BCUT2D eigenvalue weighted by molar-refractivity contribution is -0.165. The molecular formula is C24H31F4N3O3. The summed E-state index contributed by atoms with van der Waals surface area (Å²) in [6, 6.07) is 2.85. The maximum atomic E-state index is 14.8. The Bertz CT molecular complexity index is 884. The first-order chi connectivity index (χ1) is 16.2. The van der Waals surface area contributed by atoms with Gasteiger partial charge >= 0.3 is 6.18 Å². The SMILES string of the molecule is CNC(C(=O)Nc1ccc(CC(=O)N(CC(F)(F)F)C2CCOC2)cc1F)C(C1CC1)C1CC1. The highest BCUT2D eigenvalue weighted by atomic mass is 19.4. The number of amides is 2. The van der Waals surface area contributed by atoms with Gasteiger partial charge in [0.1, 0.15) is 12.4 Å². The van der Waals surface area contributed by atoms with Gasteiger partial charge in [-0.2, -0.15) is 13.2 Å².